The standard InChI is InChI=1S/C17H22N2O3/c1-4-9-19-14-8-6-5-7-13(14)10-15(19)16(20)18-12(3)11(2)17(21)22/h5-8,10-12H,4,9H2,1-3H3,(H,18,20)(H,21,22). The van der Waals surface area contributed by atoms with E-state index in [0.29, 0.717) is 5.69 Å². The number of fused-ring (bicyclic) bond motifs is 1. The van der Waals surface area contributed by atoms with Crippen molar-refractivity contribution in [1.82, 2.24) is 9.88 Å². The predicted molar refractivity (Wildman–Crippen MR) is 86.0 cm³/mol. The lowest BCUT2D eigenvalue weighted by atomic mass is 10.0. The van der Waals surface area contributed by atoms with E-state index in [2.05, 4.69) is 12.2 Å². The first-order valence-corrected chi connectivity index (χ1v) is 7.57. The van der Waals surface area contributed by atoms with Gasteiger partial charge in [-0.05, 0) is 32.4 Å². The van der Waals surface area contributed by atoms with Crippen LogP contribution in [0.3, 0.4) is 0 Å². The summed E-state index contributed by atoms with van der Waals surface area (Å²) in [5.41, 5.74) is 1.60. The number of carbonyl (C=O) groups excluding carboxylic acids is 1. The number of aryl methyl sites for hydroxylation is 1. The Morgan fingerprint density at radius 3 is 2.59 bits per heavy atom. The third-order valence-corrected chi connectivity index (χ3v) is 3.99. The third-order valence-electron chi connectivity index (χ3n) is 3.99. The smallest absolute Gasteiger partial charge is 0.308 e. The van der Waals surface area contributed by atoms with Crippen LogP contribution in [0, 0.1) is 5.92 Å². The fourth-order valence-electron chi connectivity index (χ4n) is 2.48. The van der Waals surface area contributed by atoms with Gasteiger partial charge in [0, 0.05) is 23.5 Å². The van der Waals surface area contributed by atoms with Crippen molar-refractivity contribution in [3.63, 3.8) is 0 Å². The topological polar surface area (TPSA) is 71.3 Å². The van der Waals surface area contributed by atoms with Gasteiger partial charge in [-0.2, -0.15) is 0 Å². The lowest BCUT2D eigenvalue weighted by molar-refractivity contribution is -0.141. The van der Waals surface area contributed by atoms with Crippen LogP contribution in [0.5, 0.6) is 0 Å². The van der Waals surface area contributed by atoms with E-state index in [1.807, 2.05) is 34.9 Å². The molecule has 1 heterocycles. The number of hydrogen-bond acceptors (Lipinski definition) is 2. The molecule has 0 bridgehead atoms. The number of hydrogen-bond donors (Lipinski definition) is 2. The molecule has 0 spiro atoms. The maximum atomic E-state index is 12.5. The van der Waals surface area contributed by atoms with Gasteiger partial charge in [0.25, 0.3) is 5.91 Å². The number of carboxylic acids is 1. The Balaban J connectivity index is 2.31. The van der Waals surface area contributed by atoms with Gasteiger partial charge in [0.15, 0.2) is 0 Å². The van der Waals surface area contributed by atoms with Crippen LogP contribution >= 0.6 is 0 Å². The van der Waals surface area contributed by atoms with Crippen molar-refractivity contribution in [3.8, 4) is 0 Å². The number of rotatable bonds is 6. The molecular weight excluding hydrogens is 280 g/mol. The van der Waals surface area contributed by atoms with Crippen LogP contribution in [0.2, 0.25) is 0 Å². The van der Waals surface area contributed by atoms with E-state index >= 15 is 0 Å². The fraction of sp³-hybridized carbons (Fsp3) is 0.412. The lowest BCUT2D eigenvalue weighted by Crippen LogP contribution is -2.40. The van der Waals surface area contributed by atoms with Gasteiger partial charge in [-0.25, -0.2) is 0 Å². The van der Waals surface area contributed by atoms with Crippen LogP contribution in [0.4, 0.5) is 0 Å². The maximum absolute atomic E-state index is 12.5. The van der Waals surface area contributed by atoms with Gasteiger partial charge in [-0.1, -0.05) is 25.1 Å². The average molecular weight is 302 g/mol. The molecule has 2 N–H and O–H groups in total. The molecule has 5 heteroatoms. The van der Waals surface area contributed by atoms with Gasteiger partial charge in [0.2, 0.25) is 0 Å². The van der Waals surface area contributed by atoms with Gasteiger partial charge in [0.1, 0.15) is 5.69 Å². The molecule has 1 amide bonds. The number of aromatic nitrogens is 1. The molecule has 5 nitrogen and oxygen atoms in total. The summed E-state index contributed by atoms with van der Waals surface area (Å²) in [5, 5.41) is 12.8. The number of aliphatic carboxylic acids is 1. The summed E-state index contributed by atoms with van der Waals surface area (Å²) >= 11 is 0. The minimum absolute atomic E-state index is 0.231. The summed E-state index contributed by atoms with van der Waals surface area (Å²) in [4.78, 5) is 23.5. The molecule has 22 heavy (non-hydrogen) atoms. The molecule has 0 aliphatic rings. The van der Waals surface area contributed by atoms with Crippen molar-refractivity contribution in [1.29, 1.82) is 0 Å². The first-order valence-electron chi connectivity index (χ1n) is 7.57. The Bertz CT molecular complexity index is 690. The van der Waals surface area contributed by atoms with Crippen molar-refractivity contribution in [3.05, 3.63) is 36.0 Å². The SMILES string of the molecule is CCCn1c(C(=O)NC(C)C(C)C(=O)O)cc2ccccc21. The highest BCUT2D eigenvalue weighted by Crippen LogP contribution is 2.20. The second kappa shape index (κ2) is 6.64. The van der Waals surface area contributed by atoms with Crippen molar-refractivity contribution < 1.29 is 14.7 Å². The largest absolute Gasteiger partial charge is 0.481 e. The molecule has 2 aromatic rings. The van der Waals surface area contributed by atoms with Crippen molar-refractivity contribution in [2.24, 2.45) is 5.92 Å². The Morgan fingerprint density at radius 1 is 1.27 bits per heavy atom. The van der Waals surface area contributed by atoms with E-state index in [1.54, 1.807) is 13.8 Å². The van der Waals surface area contributed by atoms with E-state index < -0.39 is 17.9 Å². The molecule has 1 aromatic carbocycles. The monoisotopic (exact) mass is 302 g/mol. The Labute approximate surface area is 129 Å². The molecule has 2 atom stereocenters. The summed E-state index contributed by atoms with van der Waals surface area (Å²) in [6.45, 7) is 6.11. The van der Waals surface area contributed by atoms with Crippen molar-refractivity contribution in [2.75, 3.05) is 0 Å². The van der Waals surface area contributed by atoms with Crippen molar-refractivity contribution >= 4 is 22.8 Å². The van der Waals surface area contributed by atoms with Gasteiger partial charge in [0.05, 0.1) is 5.92 Å². The number of nitrogens with one attached hydrogen (secondary N) is 1. The molecule has 118 valence electrons. The average Bonchev–Trinajstić information content (AvgIpc) is 2.86. The third kappa shape index (κ3) is 3.13. The summed E-state index contributed by atoms with van der Waals surface area (Å²) in [7, 11) is 0. The van der Waals surface area contributed by atoms with E-state index in [0.717, 1.165) is 23.9 Å². The van der Waals surface area contributed by atoms with Crippen LogP contribution in [-0.2, 0) is 11.3 Å². The minimum Gasteiger partial charge on any atom is -0.481 e. The van der Waals surface area contributed by atoms with Crippen LogP contribution in [0.15, 0.2) is 30.3 Å². The Kier molecular flexibility index (Phi) is 4.85. The van der Waals surface area contributed by atoms with E-state index in [1.165, 1.54) is 0 Å². The second-order valence-corrected chi connectivity index (χ2v) is 5.63. The summed E-state index contributed by atoms with van der Waals surface area (Å²) in [6, 6.07) is 9.28. The number of nitrogens with zero attached hydrogens (tertiary/aromatic N) is 1. The van der Waals surface area contributed by atoms with E-state index in [9.17, 15) is 9.59 Å². The predicted octanol–water partition coefficient (Wildman–Crippen LogP) is 2.89. The number of carbonyl (C=O) groups is 2. The molecule has 2 rings (SSSR count). The minimum atomic E-state index is -0.915. The summed E-state index contributed by atoms with van der Waals surface area (Å²) < 4.78 is 1.99. The number of para-hydroxylation sites is 1. The Hall–Kier alpha value is -2.30. The van der Waals surface area contributed by atoms with E-state index in [4.69, 9.17) is 5.11 Å². The van der Waals surface area contributed by atoms with Gasteiger partial charge in [-0.15, -0.1) is 0 Å². The van der Waals surface area contributed by atoms with E-state index in [-0.39, 0.29) is 5.91 Å². The normalized spacial score (nSPS) is 13.8. The molecule has 0 fully saturated rings. The zero-order valence-electron chi connectivity index (χ0n) is 13.2. The van der Waals surface area contributed by atoms with Crippen LogP contribution in [0.1, 0.15) is 37.7 Å². The van der Waals surface area contributed by atoms with Crippen LogP contribution in [-0.4, -0.2) is 27.6 Å². The summed E-state index contributed by atoms with van der Waals surface area (Å²) in [5.74, 6) is -1.78. The molecule has 0 saturated heterocycles. The molecule has 1 aromatic heterocycles. The highest BCUT2D eigenvalue weighted by molar-refractivity contribution is 5.99. The highest BCUT2D eigenvalue weighted by Gasteiger charge is 2.23. The molecule has 0 radical (unpaired) electrons. The van der Waals surface area contributed by atoms with Crippen molar-refractivity contribution in [2.45, 2.75) is 39.8 Å². The molecule has 0 aliphatic heterocycles. The quantitative estimate of drug-likeness (QED) is 0.862. The zero-order chi connectivity index (χ0) is 16.3. The lowest BCUT2D eigenvalue weighted by Gasteiger charge is -2.18. The molecule has 2 unspecified atom stereocenters. The maximum Gasteiger partial charge on any atom is 0.308 e. The number of carboxylic acid groups (broad SMARTS) is 1. The molecular formula is C17H22N2O3. The van der Waals surface area contributed by atoms with Gasteiger partial charge in [-0.3, -0.25) is 9.59 Å². The number of benzene rings is 1. The van der Waals surface area contributed by atoms with Gasteiger partial charge < -0.3 is 15.0 Å². The van der Waals surface area contributed by atoms with Crippen LogP contribution < -0.4 is 5.32 Å². The fourth-order valence-corrected chi connectivity index (χ4v) is 2.48. The highest BCUT2D eigenvalue weighted by atomic mass is 16.4. The summed E-state index contributed by atoms with van der Waals surface area (Å²) in [6.07, 6.45) is 0.917. The molecule has 0 aliphatic carbocycles. The molecule has 0 saturated carbocycles. The Morgan fingerprint density at radius 2 is 1.95 bits per heavy atom. The first kappa shape index (κ1) is 16.1. The first-order chi connectivity index (χ1) is 10.5. The zero-order valence-corrected chi connectivity index (χ0v) is 13.2. The van der Waals surface area contributed by atoms with Crippen LogP contribution in [0.25, 0.3) is 10.9 Å². The number of amides is 1. The van der Waals surface area contributed by atoms with Gasteiger partial charge >= 0.3 is 5.97 Å². The second-order valence-electron chi connectivity index (χ2n) is 5.63.